The van der Waals surface area contributed by atoms with Gasteiger partial charge in [-0.25, -0.2) is 4.79 Å². The molecular weight excluding hydrogens is 386 g/mol. The van der Waals surface area contributed by atoms with Crippen molar-refractivity contribution in [3.05, 3.63) is 106 Å². The molecule has 3 aromatic carbocycles. The average Bonchev–Trinajstić information content (AvgIpc) is 2.82. The summed E-state index contributed by atoms with van der Waals surface area (Å²) >= 11 is 0. The van der Waals surface area contributed by atoms with Gasteiger partial charge in [0.15, 0.2) is 6.10 Å². The molecule has 0 unspecified atom stereocenters. The lowest BCUT2D eigenvalue weighted by Crippen LogP contribution is -2.45. The first-order valence-electron chi connectivity index (χ1n) is 10.9. The standard InChI is InChI=1S/C27H23NO3/c29-26(24-14-16-7-1-2-8-18(16)27(30)31-24)28-15-17-13-23-19-9-3-5-11-21(19)25(17)22-12-6-4-10-20(22)23/h1-12,17,23-25H,13-15H2,(H,28,29)/t17-,23?,24+,25?/m1/s1. The molecule has 4 nitrogen and oxygen atoms in total. The molecule has 0 radical (unpaired) electrons. The van der Waals surface area contributed by atoms with Crippen molar-refractivity contribution in [1.82, 2.24) is 5.32 Å². The Bertz CT molecular complexity index is 1150. The van der Waals surface area contributed by atoms with Crippen LogP contribution < -0.4 is 5.32 Å². The number of nitrogens with one attached hydrogen (secondary N) is 1. The number of amides is 1. The largest absolute Gasteiger partial charge is 0.448 e. The lowest BCUT2D eigenvalue weighted by Gasteiger charge is -2.45. The smallest absolute Gasteiger partial charge is 0.339 e. The summed E-state index contributed by atoms with van der Waals surface area (Å²) in [5, 5.41) is 3.10. The van der Waals surface area contributed by atoms with Gasteiger partial charge in [0.25, 0.3) is 5.91 Å². The number of esters is 1. The number of cyclic esters (lactones) is 1. The van der Waals surface area contributed by atoms with E-state index in [1.807, 2.05) is 18.2 Å². The Labute approximate surface area is 181 Å². The molecule has 1 heterocycles. The van der Waals surface area contributed by atoms with E-state index in [9.17, 15) is 9.59 Å². The summed E-state index contributed by atoms with van der Waals surface area (Å²) in [6.07, 6.45) is 0.685. The molecule has 0 fully saturated rings. The molecule has 0 aromatic heterocycles. The van der Waals surface area contributed by atoms with Crippen LogP contribution in [0.4, 0.5) is 0 Å². The highest BCUT2D eigenvalue weighted by Gasteiger charge is 2.43. The van der Waals surface area contributed by atoms with Crippen LogP contribution in [0.15, 0.2) is 72.8 Å². The van der Waals surface area contributed by atoms with Gasteiger partial charge in [-0.15, -0.1) is 0 Å². The summed E-state index contributed by atoms with van der Waals surface area (Å²) in [5.74, 6) is 0.365. The third-order valence-electron chi connectivity index (χ3n) is 7.15. The van der Waals surface area contributed by atoms with Gasteiger partial charge in [-0.2, -0.15) is 0 Å². The summed E-state index contributed by atoms with van der Waals surface area (Å²) in [7, 11) is 0. The monoisotopic (exact) mass is 409 g/mol. The quantitative estimate of drug-likeness (QED) is 0.660. The Morgan fingerprint density at radius 3 is 2.19 bits per heavy atom. The molecule has 0 spiro atoms. The maximum atomic E-state index is 12.9. The summed E-state index contributed by atoms with van der Waals surface area (Å²) in [6.45, 7) is 0.582. The number of hydrogen-bond acceptors (Lipinski definition) is 3. The van der Waals surface area contributed by atoms with E-state index in [1.165, 1.54) is 22.3 Å². The zero-order valence-corrected chi connectivity index (χ0v) is 17.1. The van der Waals surface area contributed by atoms with Crippen LogP contribution in [0.3, 0.4) is 0 Å². The van der Waals surface area contributed by atoms with Crippen LogP contribution in [-0.2, 0) is 16.0 Å². The van der Waals surface area contributed by atoms with Gasteiger partial charge in [-0.3, -0.25) is 4.79 Å². The Kier molecular flexibility index (Phi) is 4.20. The first-order chi connectivity index (χ1) is 15.2. The molecule has 1 amide bonds. The van der Waals surface area contributed by atoms with E-state index in [-0.39, 0.29) is 11.8 Å². The molecule has 1 aliphatic heterocycles. The van der Waals surface area contributed by atoms with Crippen molar-refractivity contribution in [1.29, 1.82) is 0 Å². The van der Waals surface area contributed by atoms with Crippen LogP contribution in [0.5, 0.6) is 0 Å². The topological polar surface area (TPSA) is 55.4 Å². The number of fused-ring (bicyclic) bond motifs is 2. The highest BCUT2D eigenvalue weighted by molar-refractivity contribution is 5.95. The van der Waals surface area contributed by atoms with E-state index < -0.39 is 12.1 Å². The summed E-state index contributed by atoms with van der Waals surface area (Å²) in [4.78, 5) is 25.2. The summed E-state index contributed by atoms with van der Waals surface area (Å²) < 4.78 is 5.44. The minimum Gasteiger partial charge on any atom is -0.448 e. The fourth-order valence-corrected chi connectivity index (χ4v) is 5.78. The second-order valence-corrected chi connectivity index (χ2v) is 8.78. The number of carbonyl (C=O) groups is 2. The number of carbonyl (C=O) groups excluding carboxylic acids is 2. The van der Waals surface area contributed by atoms with Crippen LogP contribution in [0.25, 0.3) is 0 Å². The molecule has 1 N–H and O–H groups in total. The Balaban J connectivity index is 1.22. The number of rotatable bonds is 3. The molecular formula is C27H23NO3. The van der Waals surface area contributed by atoms with E-state index >= 15 is 0 Å². The maximum absolute atomic E-state index is 12.9. The van der Waals surface area contributed by atoms with E-state index in [0.29, 0.717) is 30.4 Å². The van der Waals surface area contributed by atoms with Gasteiger partial charge in [0, 0.05) is 24.8 Å². The lowest BCUT2D eigenvalue weighted by molar-refractivity contribution is -0.130. The predicted molar refractivity (Wildman–Crippen MR) is 117 cm³/mol. The highest BCUT2D eigenvalue weighted by Crippen LogP contribution is 2.55. The normalized spacial score (nSPS) is 25.1. The van der Waals surface area contributed by atoms with Crippen molar-refractivity contribution in [2.75, 3.05) is 6.54 Å². The van der Waals surface area contributed by atoms with Gasteiger partial charge >= 0.3 is 5.97 Å². The van der Waals surface area contributed by atoms with Crippen molar-refractivity contribution < 1.29 is 14.3 Å². The van der Waals surface area contributed by atoms with Gasteiger partial charge in [0.05, 0.1) is 5.56 Å². The second-order valence-electron chi connectivity index (χ2n) is 8.78. The molecule has 3 aromatic rings. The number of benzene rings is 3. The molecule has 3 aliphatic carbocycles. The first kappa shape index (κ1) is 18.4. The van der Waals surface area contributed by atoms with Gasteiger partial charge in [-0.05, 0) is 46.2 Å². The Morgan fingerprint density at radius 1 is 0.871 bits per heavy atom. The molecule has 154 valence electrons. The highest BCUT2D eigenvalue weighted by atomic mass is 16.5. The molecule has 2 atom stereocenters. The Morgan fingerprint density at radius 2 is 1.48 bits per heavy atom. The van der Waals surface area contributed by atoms with E-state index in [1.54, 1.807) is 6.07 Å². The third-order valence-corrected chi connectivity index (χ3v) is 7.15. The van der Waals surface area contributed by atoms with Crippen molar-refractivity contribution in [3.8, 4) is 0 Å². The third kappa shape index (κ3) is 2.89. The van der Waals surface area contributed by atoms with Crippen LogP contribution in [0, 0.1) is 5.92 Å². The van der Waals surface area contributed by atoms with Crippen LogP contribution in [0.2, 0.25) is 0 Å². The lowest BCUT2D eigenvalue weighted by atomic mass is 9.59. The first-order valence-corrected chi connectivity index (χ1v) is 10.9. The molecule has 4 aliphatic rings. The van der Waals surface area contributed by atoms with E-state index in [0.717, 1.165) is 12.0 Å². The molecule has 0 saturated carbocycles. The van der Waals surface area contributed by atoms with Gasteiger partial charge in [0.2, 0.25) is 0 Å². The van der Waals surface area contributed by atoms with Crippen molar-refractivity contribution in [3.63, 3.8) is 0 Å². The molecule has 7 rings (SSSR count). The minimum atomic E-state index is -0.761. The Hall–Kier alpha value is -3.40. The SMILES string of the molecule is O=C1O[C@H](C(=O)NC[C@H]2CC3c4ccccc4C2c2ccccc23)Cc2ccccc21. The zero-order chi connectivity index (χ0) is 20.9. The van der Waals surface area contributed by atoms with E-state index in [2.05, 4.69) is 53.8 Å². The summed E-state index contributed by atoms with van der Waals surface area (Å²) in [5.41, 5.74) is 7.05. The summed E-state index contributed by atoms with van der Waals surface area (Å²) in [6, 6.07) is 24.8. The predicted octanol–water partition coefficient (Wildman–Crippen LogP) is 4.18. The van der Waals surface area contributed by atoms with Gasteiger partial charge < -0.3 is 10.1 Å². The van der Waals surface area contributed by atoms with Crippen LogP contribution in [-0.4, -0.2) is 24.5 Å². The molecule has 4 heteroatoms. The minimum absolute atomic E-state index is 0.203. The fourth-order valence-electron chi connectivity index (χ4n) is 5.78. The van der Waals surface area contributed by atoms with Crippen LogP contribution >= 0.6 is 0 Å². The van der Waals surface area contributed by atoms with Gasteiger partial charge in [0.1, 0.15) is 0 Å². The molecule has 31 heavy (non-hydrogen) atoms. The second kappa shape index (κ2) is 7.09. The van der Waals surface area contributed by atoms with Crippen molar-refractivity contribution in [2.24, 2.45) is 5.92 Å². The fraction of sp³-hybridized carbons (Fsp3) is 0.259. The maximum Gasteiger partial charge on any atom is 0.339 e. The molecule has 2 bridgehead atoms. The van der Waals surface area contributed by atoms with Gasteiger partial charge in [-0.1, -0.05) is 66.7 Å². The number of ether oxygens (including phenoxy) is 1. The van der Waals surface area contributed by atoms with Crippen molar-refractivity contribution >= 4 is 11.9 Å². The number of hydrogen-bond donors (Lipinski definition) is 1. The van der Waals surface area contributed by atoms with Crippen LogP contribution in [0.1, 0.15) is 56.4 Å². The zero-order valence-electron chi connectivity index (χ0n) is 17.1. The average molecular weight is 409 g/mol. The molecule has 0 saturated heterocycles. The van der Waals surface area contributed by atoms with Crippen molar-refractivity contribution in [2.45, 2.75) is 30.8 Å². The van der Waals surface area contributed by atoms with E-state index in [4.69, 9.17) is 4.74 Å².